The van der Waals surface area contributed by atoms with E-state index in [4.69, 9.17) is 4.74 Å². The molecule has 1 N–H and O–H groups in total. The molecule has 0 radical (unpaired) electrons. The number of hydrogen-bond acceptors (Lipinski definition) is 4. The molecule has 1 heterocycles. The number of nitrogens with zero attached hydrogens (tertiary/aromatic N) is 1. The normalized spacial score (nSPS) is 20.5. The molecular formula is C21H26N2O4S. The summed E-state index contributed by atoms with van der Waals surface area (Å²) >= 11 is 0. The van der Waals surface area contributed by atoms with Crippen molar-refractivity contribution in [3.63, 3.8) is 0 Å². The van der Waals surface area contributed by atoms with Crippen LogP contribution in [0.3, 0.4) is 0 Å². The van der Waals surface area contributed by atoms with Gasteiger partial charge < -0.3 is 10.1 Å². The van der Waals surface area contributed by atoms with E-state index >= 15 is 0 Å². The van der Waals surface area contributed by atoms with E-state index in [2.05, 4.69) is 5.32 Å². The lowest BCUT2D eigenvalue weighted by molar-refractivity contribution is -0.118. The summed E-state index contributed by atoms with van der Waals surface area (Å²) in [7, 11) is -3.56. The minimum atomic E-state index is -3.56. The number of para-hydroxylation sites is 1. The summed E-state index contributed by atoms with van der Waals surface area (Å²) in [6.07, 6.45) is 2.79. The summed E-state index contributed by atoms with van der Waals surface area (Å²) in [4.78, 5) is 12.3. The highest BCUT2D eigenvalue weighted by atomic mass is 32.2. The Morgan fingerprint density at radius 2 is 1.64 bits per heavy atom. The van der Waals surface area contributed by atoms with Gasteiger partial charge in [-0.15, -0.1) is 0 Å². The minimum Gasteiger partial charge on any atom is -0.484 e. The summed E-state index contributed by atoms with van der Waals surface area (Å²) in [5.41, 5.74) is 0.528. The van der Waals surface area contributed by atoms with Gasteiger partial charge in [0.2, 0.25) is 10.0 Å². The van der Waals surface area contributed by atoms with Gasteiger partial charge in [0.25, 0.3) is 5.91 Å². The van der Waals surface area contributed by atoms with Crippen LogP contribution in [0.5, 0.6) is 5.75 Å². The monoisotopic (exact) mass is 402 g/mol. The zero-order chi connectivity index (χ0) is 20.1. The number of ether oxygens (including phenoxy) is 1. The van der Waals surface area contributed by atoms with E-state index in [0.29, 0.717) is 11.4 Å². The molecule has 1 aliphatic heterocycles. The van der Waals surface area contributed by atoms with Crippen molar-refractivity contribution in [2.45, 2.75) is 50.1 Å². The number of amides is 1. The molecule has 0 aliphatic carbocycles. The Balaban J connectivity index is 1.63. The van der Waals surface area contributed by atoms with Crippen LogP contribution in [0, 0.1) is 0 Å². The summed E-state index contributed by atoms with van der Waals surface area (Å²) < 4.78 is 33.1. The molecule has 0 unspecified atom stereocenters. The number of anilines is 1. The number of hydrogen-bond donors (Lipinski definition) is 1. The van der Waals surface area contributed by atoms with Crippen LogP contribution in [0.4, 0.5) is 5.69 Å². The minimum absolute atomic E-state index is 0.0109. The van der Waals surface area contributed by atoms with Crippen molar-refractivity contribution in [2.24, 2.45) is 0 Å². The van der Waals surface area contributed by atoms with Crippen molar-refractivity contribution in [3.05, 3.63) is 54.6 Å². The second kappa shape index (κ2) is 8.75. The van der Waals surface area contributed by atoms with Gasteiger partial charge in [-0.1, -0.05) is 24.6 Å². The Bertz CT molecular complexity index is 888. The van der Waals surface area contributed by atoms with E-state index in [-0.39, 0.29) is 29.5 Å². The fraction of sp³-hybridized carbons (Fsp3) is 0.381. The zero-order valence-corrected chi connectivity index (χ0v) is 17.0. The van der Waals surface area contributed by atoms with Crippen LogP contribution in [0.15, 0.2) is 59.5 Å². The Morgan fingerprint density at radius 1 is 1.04 bits per heavy atom. The highest BCUT2D eigenvalue weighted by molar-refractivity contribution is 7.89. The molecule has 2 aromatic rings. The van der Waals surface area contributed by atoms with Crippen molar-refractivity contribution in [1.82, 2.24) is 4.31 Å². The molecule has 0 spiro atoms. The molecule has 1 aliphatic rings. The summed E-state index contributed by atoms with van der Waals surface area (Å²) in [6.45, 7) is 3.79. The van der Waals surface area contributed by atoms with Crippen LogP contribution in [0.1, 0.15) is 33.1 Å². The zero-order valence-electron chi connectivity index (χ0n) is 16.2. The molecule has 1 saturated heterocycles. The summed E-state index contributed by atoms with van der Waals surface area (Å²) in [5, 5.41) is 2.72. The third kappa shape index (κ3) is 4.72. The first-order chi connectivity index (χ1) is 13.4. The number of benzene rings is 2. The van der Waals surface area contributed by atoms with Crippen molar-refractivity contribution in [2.75, 3.05) is 11.9 Å². The van der Waals surface area contributed by atoms with Crippen LogP contribution in [0.2, 0.25) is 0 Å². The van der Waals surface area contributed by atoms with Crippen LogP contribution < -0.4 is 10.1 Å². The van der Waals surface area contributed by atoms with Crippen molar-refractivity contribution >= 4 is 21.6 Å². The van der Waals surface area contributed by atoms with Gasteiger partial charge >= 0.3 is 0 Å². The van der Waals surface area contributed by atoms with E-state index in [1.807, 2.05) is 32.0 Å². The highest BCUT2D eigenvalue weighted by Gasteiger charge is 2.35. The molecule has 150 valence electrons. The van der Waals surface area contributed by atoms with Crippen LogP contribution >= 0.6 is 0 Å². The number of sulfonamides is 1. The molecule has 3 rings (SSSR count). The molecule has 7 heteroatoms. The predicted molar refractivity (Wildman–Crippen MR) is 109 cm³/mol. The Morgan fingerprint density at radius 3 is 2.25 bits per heavy atom. The van der Waals surface area contributed by atoms with E-state index in [0.717, 1.165) is 19.3 Å². The lowest BCUT2D eigenvalue weighted by atomic mass is 10.0. The molecule has 1 fully saturated rings. The number of piperidine rings is 1. The topological polar surface area (TPSA) is 75.7 Å². The first kappa shape index (κ1) is 20.4. The van der Waals surface area contributed by atoms with E-state index in [1.165, 1.54) is 12.1 Å². The number of nitrogens with one attached hydrogen (secondary N) is 1. The molecule has 0 saturated carbocycles. The van der Waals surface area contributed by atoms with Crippen molar-refractivity contribution in [3.8, 4) is 5.75 Å². The Hall–Kier alpha value is -2.38. The second-order valence-corrected chi connectivity index (χ2v) is 8.98. The smallest absolute Gasteiger partial charge is 0.262 e. The van der Waals surface area contributed by atoms with E-state index in [1.54, 1.807) is 28.6 Å². The highest BCUT2D eigenvalue weighted by Crippen LogP contribution is 2.29. The van der Waals surface area contributed by atoms with Gasteiger partial charge in [0.05, 0.1) is 4.90 Å². The van der Waals surface area contributed by atoms with Gasteiger partial charge in [-0.2, -0.15) is 4.31 Å². The number of rotatable bonds is 6. The molecular weight excluding hydrogens is 376 g/mol. The fourth-order valence-corrected chi connectivity index (χ4v) is 5.45. The van der Waals surface area contributed by atoms with Gasteiger partial charge in [0, 0.05) is 17.8 Å². The van der Waals surface area contributed by atoms with E-state index in [9.17, 15) is 13.2 Å². The third-order valence-corrected chi connectivity index (χ3v) is 7.08. The Labute approximate surface area is 166 Å². The van der Waals surface area contributed by atoms with Gasteiger partial charge in [-0.05, 0) is 63.1 Å². The van der Waals surface area contributed by atoms with Crippen LogP contribution in [-0.2, 0) is 14.8 Å². The van der Waals surface area contributed by atoms with Crippen molar-refractivity contribution < 1.29 is 17.9 Å². The largest absolute Gasteiger partial charge is 0.484 e. The van der Waals surface area contributed by atoms with Gasteiger partial charge in [-0.3, -0.25) is 4.79 Å². The quantitative estimate of drug-likeness (QED) is 0.800. The second-order valence-electron chi connectivity index (χ2n) is 7.14. The average Bonchev–Trinajstić information content (AvgIpc) is 2.67. The number of carbonyl (C=O) groups is 1. The van der Waals surface area contributed by atoms with Crippen LogP contribution in [-0.4, -0.2) is 37.3 Å². The first-order valence-corrected chi connectivity index (χ1v) is 10.9. The molecule has 6 nitrogen and oxygen atoms in total. The summed E-state index contributed by atoms with van der Waals surface area (Å²) in [6, 6.07) is 15.3. The maximum Gasteiger partial charge on any atom is 0.262 e. The lowest BCUT2D eigenvalue weighted by Crippen LogP contribution is -2.47. The summed E-state index contributed by atoms with van der Waals surface area (Å²) in [5.74, 6) is 0.307. The standard InChI is InChI=1S/C21H26N2O4S/c1-16-7-6-8-17(2)23(16)28(25,26)20-13-11-18(12-14-20)22-21(24)15-27-19-9-4-3-5-10-19/h3-5,9-14,16-17H,6-8,15H2,1-2H3,(H,22,24)/t16-,17-/m1/s1. The first-order valence-electron chi connectivity index (χ1n) is 9.49. The molecule has 2 atom stereocenters. The number of carbonyl (C=O) groups excluding carboxylic acids is 1. The van der Waals surface area contributed by atoms with E-state index < -0.39 is 10.0 Å². The predicted octanol–water partition coefficient (Wildman–Crippen LogP) is 3.66. The van der Waals surface area contributed by atoms with Crippen LogP contribution in [0.25, 0.3) is 0 Å². The molecule has 28 heavy (non-hydrogen) atoms. The molecule has 0 bridgehead atoms. The van der Waals surface area contributed by atoms with Gasteiger partial charge in [-0.25, -0.2) is 8.42 Å². The van der Waals surface area contributed by atoms with Crippen molar-refractivity contribution in [1.29, 1.82) is 0 Å². The SMILES string of the molecule is C[C@@H]1CCC[C@@H](C)N1S(=O)(=O)c1ccc(NC(=O)COc2ccccc2)cc1. The van der Waals surface area contributed by atoms with Gasteiger partial charge in [0.15, 0.2) is 6.61 Å². The fourth-order valence-electron chi connectivity index (χ4n) is 3.57. The maximum absolute atomic E-state index is 13.0. The molecule has 2 aromatic carbocycles. The third-order valence-electron chi connectivity index (χ3n) is 4.94. The molecule has 1 amide bonds. The lowest BCUT2D eigenvalue weighted by Gasteiger charge is -2.37. The Kier molecular flexibility index (Phi) is 6.36. The molecule has 0 aromatic heterocycles. The maximum atomic E-state index is 13.0. The average molecular weight is 403 g/mol. The van der Waals surface area contributed by atoms with Gasteiger partial charge in [0.1, 0.15) is 5.75 Å².